The van der Waals surface area contributed by atoms with Crippen LogP contribution in [-0.2, 0) is 10.5 Å². The first kappa shape index (κ1) is 27.4. The highest BCUT2D eigenvalue weighted by molar-refractivity contribution is 8.00. The van der Waals surface area contributed by atoms with Gasteiger partial charge in [-0.1, -0.05) is 77.3 Å². The molecule has 0 radical (unpaired) electrons. The number of hydrogen-bond acceptors (Lipinski definition) is 12. The highest BCUT2D eigenvalue weighted by Gasteiger charge is 2.14. The molecule has 11 nitrogen and oxygen atoms in total. The smallest absolute Gasteiger partial charge is 0.264 e. The minimum atomic E-state index is -0.241. The summed E-state index contributed by atoms with van der Waals surface area (Å²) in [4.78, 5) is 14.7. The van der Waals surface area contributed by atoms with E-state index in [2.05, 4.69) is 79.3 Å². The van der Waals surface area contributed by atoms with E-state index in [-0.39, 0.29) is 17.6 Å². The fourth-order valence-electron chi connectivity index (χ4n) is 3.30. The molecule has 4 aromatic rings. The van der Waals surface area contributed by atoms with Crippen LogP contribution < -0.4 is 21.5 Å². The lowest BCUT2D eigenvalue weighted by atomic mass is 10.2. The van der Waals surface area contributed by atoms with Crippen LogP contribution in [0.5, 0.6) is 0 Å². The number of aromatic nitrogens is 5. The molecule has 0 aliphatic rings. The summed E-state index contributed by atoms with van der Waals surface area (Å²) in [7, 11) is 0. The van der Waals surface area contributed by atoms with E-state index >= 15 is 0 Å². The van der Waals surface area contributed by atoms with Crippen LogP contribution in [0.3, 0.4) is 0 Å². The van der Waals surface area contributed by atoms with Crippen LogP contribution in [0.15, 0.2) is 69.2 Å². The van der Waals surface area contributed by atoms with Crippen LogP contribution in [0.4, 0.5) is 16.8 Å². The quantitative estimate of drug-likeness (QED) is 0.0708. The van der Waals surface area contributed by atoms with Gasteiger partial charge in [-0.15, -0.1) is 20.4 Å². The SMILES string of the molecule is CCN(CC)c1ccc(/C=N/Nc2nnc(SCC(=O)Nc3nnc(SCc4ccccc4)s3)n2N)cc1. The summed E-state index contributed by atoms with van der Waals surface area (Å²) in [6, 6.07) is 18.2. The van der Waals surface area contributed by atoms with Crippen LogP contribution in [0.1, 0.15) is 25.0 Å². The summed E-state index contributed by atoms with van der Waals surface area (Å²) in [6.07, 6.45) is 1.68. The van der Waals surface area contributed by atoms with Gasteiger partial charge in [-0.25, -0.2) is 10.1 Å². The fourth-order valence-corrected chi connectivity index (χ4v) is 5.68. The maximum Gasteiger partial charge on any atom is 0.264 e. The zero-order valence-corrected chi connectivity index (χ0v) is 23.4. The fraction of sp³-hybridized carbons (Fsp3) is 0.250. The van der Waals surface area contributed by atoms with Crippen molar-refractivity contribution >= 4 is 63.7 Å². The third kappa shape index (κ3) is 7.69. The monoisotopic (exact) mass is 568 g/mol. The molecular weight excluding hydrogens is 541 g/mol. The molecule has 0 bridgehead atoms. The molecule has 0 atom stereocenters. The largest absolute Gasteiger partial charge is 0.372 e. The Hall–Kier alpha value is -3.62. The molecule has 0 saturated carbocycles. The first-order chi connectivity index (χ1) is 18.6. The van der Waals surface area contributed by atoms with Gasteiger partial charge in [0.2, 0.25) is 16.2 Å². The molecule has 38 heavy (non-hydrogen) atoms. The predicted molar refractivity (Wildman–Crippen MR) is 157 cm³/mol. The van der Waals surface area contributed by atoms with Crippen LogP contribution in [0.25, 0.3) is 0 Å². The van der Waals surface area contributed by atoms with Gasteiger partial charge >= 0.3 is 0 Å². The first-order valence-electron chi connectivity index (χ1n) is 11.8. The normalized spacial score (nSPS) is 11.1. The highest BCUT2D eigenvalue weighted by atomic mass is 32.2. The van der Waals surface area contributed by atoms with Crippen LogP contribution in [-0.4, -0.2) is 56.0 Å². The number of thioether (sulfide) groups is 2. The average Bonchev–Trinajstić information content (AvgIpc) is 3.54. The van der Waals surface area contributed by atoms with Crippen molar-refractivity contribution in [3.63, 3.8) is 0 Å². The maximum atomic E-state index is 12.4. The Balaban J connectivity index is 1.22. The van der Waals surface area contributed by atoms with Crippen LogP contribution in [0, 0.1) is 0 Å². The summed E-state index contributed by atoms with van der Waals surface area (Å²) < 4.78 is 2.04. The number of carbonyl (C=O) groups is 1. The number of nitrogen functional groups attached to an aromatic ring is 1. The Labute approximate surface area is 233 Å². The van der Waals surface area contributed by atoms with E-state index in [1.54, 1.807) is 18.0 Å². The molecule has 2 aromatic carbocycles. The van der Waals surface area contributed by atoms with E-state index in [0.717, 1.165) is 40.5 Å². The van der Waals surface area contributed by atoms with E-state index in [4.69, 9.17) is 5.84 Å². The van der Waals surface area contributed by atoms with E-state index in [1.807, 2.05) is 30.3 Å². The Morgan fingerprint density at radius 1 is 1.05 bits per heavy atom. The molecule has 198 valence electrons. The van der Waals surface area contributed by atoms with Gasteiger partial charge in [0.15, 0.2) is 4.34 Å². The van der Waals surface area contributed by atoms with E-state index in [9.17, 15) is 4.79 Å². The Morgan fingerprint density at radius 3 is 2.55 bits per heavy atom. The van der Waals surface area contributed by atoms with Crippen molar-refractivity contribution in [2.24, 2.45) is 5.10 Å². The molecule has 4 rings (SSSR count). The highest BCUT2D eigenvalue weighted by Crippen LogP contribution is 2.28. The third-order valence-corrected chi connectivity index (χ3v) is 8.24. The molecular formula is C24H28N10OS3. The Bertz CT molecular complexity index is 1340. The number of hydrogen-bond donors (Lipinski definition) is 3. The predicted octanol–water partition coefficient (Wildman–Crippen LogP) is 4.16. The molecule has 0 spiro atoms. The summed E-state index contributed by atoms with van der Waals surface area (Å²) >= 11 is 4.06. The van der Waals surface area contributed by atoms with Crippen molar-refractivity contribution in [2.45, 2.75) is 29.1 Å². The van der Waals surface area contributed by atoms with Crippen LogP contribution >= 0.6 is 34.9 Å². The summed E-state index contributed by atoms with van der Waals surface area (Å²) in [5, 5.41) is 24.0. The second kappa shape index (κ2) is 13.8. The van der Waals surface area contributed by atoms with Gasteiger partial charge in [-0.05, 0) is 37.1 Å². The number of hydrazone groups is 1. The number of anilines is 3. The third-order valence-electron chi connectivity index (χ3n) is 5.25. The molecule has 0 saturated heterocycles. The molecule has 0 unspecified atom stereocenters. The molecule has 0 aliphatic heterocycles. The van der Waals surface area contributed by atoms with Crippen molar-refractivity contribution in [1.82, 2.24) is 25.1 Å². The number of rotatable bonds is 13. The Kier molecular flexibility index (Phi) is 9.95. The van der Waals surface area contributed by atoms with Gasteiger partial charge in [0.05, 0.1) is 12.0 Å². The number of amides is 1. The van der Waals surface area contributed by atoms with Crippen LogP contribution in [0.2, 0.25) is 0 Å². The van der Waals surface area contributed by atoms with Gasteiger partial charge in [0, 0.05) is 24.5 Å². The Morgan fingerprint density at radius 2 is 1.82 bits per heavy atom. The van der Waals surface area contributed by atoms with Gasteiger partial charge in [0.1, 0.15) is 0 Å². The summed E-state index contributed by atoms with van der Waals surface area (Å²) in [6.45, 7) is 6.17. The van der Waals surface area contributed by atoms with E-state index in [0.29, 0.717) is 10.3 Å². The number of benzene rings is 2. The van der Waals surface area contributed by atoms with Crippen molar-refractivity contribution in [3.05, 3.63) is 65.7 Å². The number of nitrogens with two attached hydrogens (primary N) is 1. The second-order valence-electron chi connectivity index (χ2n) is 7.79. The van der Waals surface area contributed by atoms with E-state index in [1.165, 1.54) is 27.3 Å². The van der Waals surface area contributed by atoms with Crippen molar-refractivity contribution in [3.8, 4) is 0 Å². The van der Waals surface area contributed by atoms with E-state index < -0.39 is 0 Å². The molecule has 14 heteroatoms. The number of nitrogens with one attached hydrogen (secondary N) is 2. The van der Waals surface area contributed by atoms with Gasteiger partial charge < -0.3 is 10.7 Å². The second-order valence-corrected chi connectivity index (χ2v) is 10.9. The van der Waals surface area contributed by atoms with Crippen molar-refractivity contribution in [2.75, 3.05) is 40.3 Å². The lowest BCUT2D eigenvalue weighted by Crippen LogP contribution is -2.21. The van der Waals surface area contributed by atoms with Crippen molar-refractivity contribution in [1.29, 1.82) is 0 Å². The molecule has 1 amide bonds. The van der Waals surface area contributed by atoms with Gasteiger partial charge in [-0.2, -0.15) is 5.10 Å². The molecule has 2 aromatic heterocycles. The summed E-state index contributed by atoms with van der Waals surface area (Å²) in [5.74, 6) is 6.95. The van der Waals surface area contributed by atoms with Gasteiger partial charge in [-0.3, -0.25) is 10.1 Å². The lowest BCUT2D eigenvalue weighted by molar-refractivity contribution is -0.113. The molecule has 2 heterocycles. The summed E-state index contributed by atoms with van der Waals surface area (Å²) in [5.41, 5.74) is 6.08. The zero-order chi connectivity index (χ0) is 26.7. The average molecular weight is 569 g/mol. The maximum absolute atomic E-state index is 12.4. The minimum absolute atomic E-state index is 0.0869. The van der Waals surface area contributed by atoms with Gasteiger partial charge in [0.25, 0.3) is 5.95 Å². The first-order valence-corrected chi connectivity index (χ1v) is 14.6. The lowest BCUT2D eigenvalue weighted by Gasteiger charge is -2.20. The number of nitrogens with zero attached hydrogens (tertiary/aromatic N) is 7. The topological polar surface area (TPSA) is 139 Å². The molecule has 0 aliphatic carbocycles. The zero-order valence-electron chi connectivity index (χ0n) is 20.9. The molecule has 0 fully saturated rings. The standard InChI is InChI=1S/C24H28N10OS3/c1-3-33(4-2)19-12-10-17(11-13-19)14-26-28-21-29-31-23(34(21)25)36-16-20(35)27-22-30-32-24(38-22)37-15-18-8-6-5-7-9-18/h5-14H,3-4,15-16,25H2,1-2H3,(H,28,29)(H,27,30,35)/b26-14+. The number of carbonyl (C=O) groups excluding carboxylic acids is 1. The minimum Gasteiger partial charge on any atom is -0.372 e. The molecule has 4 N–H and O–H groups in total. The van der Waals surface area contributed by atoms with Crippen molar-refractivity contribution < 1.29 is 4.79 Å².